The Morgan fingerprint density at radius 3 is 2.53 bits per heavy atom. The lowest BCUT2D eigenvalue weighted by molar-refractivity contribution is -0.138. The van der Waals surface area contributed by atoms with Crippen LogP contribution in [0.25, 0.3) is 0 Å². The van der Waals surface area contributed by atoms with Crippen LogP contribution >= 0.6 is 0 Å². The van der Waals surface area contributed by atoms with Crippen LogP contribution in [-0.2, 0) is 9.53 Å². The van der Waals surface area contributed by atoms with Crippen molar-refractivity contribution in [2.24, 2.45) is 5.73 Å². The third kappa shape index (κ3) is 4.97. The highest BCUT2D eigenvalue weighted by Gasteiger charge is 2.17. The summed E-state index contributed by atoms with van der Waals surface area (Å²) in [6, 6.07) is 5.20. The fourth-order valence-electron chi connectivity index (χ4n) is 1.37. The molecular weight excluding hydrogens is 248 g/mol. The monoisotopic (exact) mass is 266 g/mol. The highest BCUT2D eigenvalue weighted by Crippen LogP contribution is 2.17. The Hall–Kier alpha value is -2.08. The maximum Gasteiger partial charge on any atom is 0.412 e. The van der Waals surface area contributed by atoms with E-state index in [1.165, 1.54) is 6.07 Å². The number of hydrogen-bond acceptors (Lipinski definition) is 4. The molecule has 0 aliphatic heterocycles. The molecule has 0 saturated carbocycles. The van der Waals surface area contributed by atoms with E-state index >= 15 is 0 Å². The first-order valence-electron chi connectivity index (χ1n) is 5.77. The highest BCUT2D eigenvalue weighted by molar-refractivity contribution is 5.85. The van der Waals surface area contributed by atoms with E-state index < -0.39 is 23.7 Å². The van der Waals surface area contributed by atoms with Crippen LogP contribution in [0, 0.1) is 0 Å². The molecule has 6 heteroatoms. The fourth-order valence-corrected chi connectivity index (χ4v) is 1.37. The van der Waals surface area contributed by atoms with E-state index in [4.69, 9.17) is 15.6 Å². The Morgan fingerprint density at radius 1 is 1.37 bits per heavy atom. The van der Waals surface area contributed by atoms with Crippen molar-refractivity contribution in [2.45, 2.75) is 32.4 Å². The summed E-state index contributed by atoms with van der Waals surface area (Å²) in [5, 5.41) is 11.3. The van der Waals surface area contributed by atoms with Crippen molar-refractivity contribution in [3.63, 3.8) is 0 Å². The lowest BCUT2D eigenvalue weighted by atomic mass is 10.1. The number of benzene rings is 1. The quantitative estimate of drug-likeness (QED) is 0.777. The van der Waals surface area contributed by atoms with Crippen LogP contribution in [0.3, 0.4) is 0 Å². The molecule has 0 radical (unpaired) electrons. The summed E-state index contributed by atoms with van der Waals surface area (Å²) in [5.41, 5.74) is 5.74. The Kier molecular flexibility index (Phi) is 4.50. The molecule has 1 amide bonds. The zero-order chi connectivity index (χ0) is 14.6. The van der Waals surface area contributed by atoms with Gasteiger partial charge in [-0.05, 0) is 38.5 Å². The Bertz CT molecular complexity index is 480. The molecular formula is C13H18N2O4. The van der Waals surface area contributed by atoms with Gasteiger partial charge in [-0.25, -0.2) is 4.79 Å². The Balaban J connectivity index is 2.78. The summed E-state index contributed by atoms with van der Waals surface area (Å²) in [7, 11) is 0. The second-order valence-corrected chi connectivity index (χ2v) is 5.07. The molecule has 1 aromatic carbocycles. The fraction of sp³-hybridized carbons (Fsp3) is 0.385. The number of hydrogen-bond donors (Lipinski definition) is 3. The van der Waals surface area contributed by atoms with Gasteiger partial charge in [0.25, 0.3) is 0 Å². The lowest BCUT2D eigenvalue weighted by Crippen LogP contribution is -2.27. The van der Waals surface area contributed by atoms with Gasteiger partial charge >= 0.3 is 12.1 Å². The normalized spacial score (nSPS) is 12.6. The van der Waals surface area contributed by atoms with E-state index in [9.17, 15) is 9.59 Å². The molecule has 0 unspecified atom stereocenters. The van der Waals surface area contributed by atoms with Crippen LogP contribution in [0.5, 0.6) is 0 Å². The molecule has 0 heterocycles. The van der Waals surface area contributed by atoms with E-state index in [-0.39, 0.29) is 0 Å². The number of carbonyl (C=O) groups is 2. The standard InChI is InChI=1S/C13H18N2O4/c1-13(2,3)19-12(18)15-9-6-4-5-8(7-9)10(14)11(16)17/h4-7,10H,14H2,1-3H3,(H,15,18)(H,16,17)/t10-/m0/s1. The molecule has 0 bridgehead atoms. The summed E-state index contributed by atoms with van der Waals surface area (Å²) in [4.78, 5) is 22.3. The average Bonchev–Trinajstić information content (AvgIpc) is 2.25. The van der Waals surface area contributed by atoms with Gasteiger partial charge in [-0.1, -0.05) is 12.1 Å². The third-order valence-electron chi connectivity index (χ3n) is 2.16. The molecule has 0 aliphatic rings. The van der Waals surface area contributed by atoms with Gasteiger partial charge in [-0.3, -0.25) is 10.1 Å². The first kappa shape index (κ1) is 15.0. The first-order valence-corrected chi connectivity index (χ1v) is 5.77. The summed E-state index contributed by atoms with van der Waals surface area (Å²) in [5.74, 6) is -1.13. The van der Waals surface area contributed by atoms with Crippen molar-refractivity contribution in [3.8, 4) is 0 Å². The molecule has 6 nitrogen and oxygen atoms in total. The number of carboxylic acid groups (broad SMARTS) is 1. The van der Waals surface area contributed by atoms with Crippen LogP contribution in [0.15, 0.2) is 24.3 Å². The van der Waals surface area contributed by atoms with E-state index in [1.807, 2.05) is 0 Å². The SMILES string of the molecule is CC(C)(C)OC(=O)Nc1cccc([C@H](N)C(=O)O)c1. The predicted octanol–water partition coefficient (Wildman–Crippen LogP) is 2.12. The molecule has 0 aromatic heterocycles. The van der Waals surface area contributed by atoms with Gasteiger partial charge in [0, 0.05) is 5.69 Å². The lowest BCUT2D eigenvalue weighted by Gasteiger charge is -2.20. The van der Waals surface area contributed by atoms with Crippen molar-refractivity contribution in [1.82, 2.24) is 0 Å². The molecule has 19 heavy (non-hydrogen) atoms. The third-order valence-corrected chi connectivity index (χ3v) is 2.16. The summed E-state index contributed by atoms with van der Waals surface area (Å²) >= 11 is 0. The summed E-state index contributed by atoms with van der Waals surface area (Å²) in [6.07, 6.45) is -0.603. The van der Waals surface area contributed by atoms with Gasteiger partial charge < -0.3 is 15.6 Å². The van der Waals surface area contributed by atoms with Gasteiger partial charge in [0.2, 0.25) is 0 Å². The predicted molar refractivity (Wildman–Crippen MR) is 70.9 cm³/mol. The van der Waals surface area contributed by atoms with Crippen LogP contribution in [-0.4, -0.2) is 22.8 Å². The number of carbonyl (C=O) groups excluding carboxylic acids is 1. The molecule has 1 aromatic rings. The Morgan fingerprint density at radius 2 is 2.00 bits per heavy atom. The minimum Gasteiger partial charge on any atom is -0.480 e. The zero-order valence-corrected chi connectivity index (χ0v) is 11.1. The van der Waals surface area contributed by atoms with Crippen molar-refractivity contribution in [2.75, 3.05) is 5.32 Å². The number of anilines is 1. The molecule has 4 N–H and O–H groups in total. The zero-order valence-electron chi connectivity index (χ0n) is 11.1. The molecule has 0 aliphatic carbocycles. The van der Waals surface area contributed by atoms with Gasteiger partial charge in [0.05, 0.1) is 0 Å². The molecule has 1 rings (SSSR count). The number of ether oxygens (including phenoxy) is 1. The van der Waals surface area contributed by atoms with E-state index in [0.29, 0.717) is 11.3 Å². The van der Waals surface area contributed by atoms with Crippen molar-refractivity contribution in [3.05, 3.63) is 29.8 Å². The minimum atomic E-state index is -1.13. The number of nitrogens with one attached hydrogen (secondary N) is 1. The number of nitrogens with two attached hydrogens (primary N) is 1. The van der Waals surface area contributed by atoms with Crippen LogP contribution < -0.4 is 11.1 Å². The molecule has 0 spiro atoms. The van der Waals surface area contributed by atoms with Crippen LogP contribution in [0.1, 0.15) is 32.4 Å². The number of aliphatic carboxylic acids is 1. The summed E-state index contributed by atoms with van der Waals surface area (Å²) < 4.78 is 5.09. The molecule has 104 valence electrons. The summed E-state index contributed by atoms with van der Waals surface area (Å²) in [6.45, 7) is 5.26. The van der Waals surface area contributed by atoms with Crippen molar-refractivity contribution in [1.29, 1.82) is 0 Å². The number of carboxylic acids is 1. The van der Waals surface area contributed by atoms with E-state index in [2.05, 4.69) is 5.32 Å². The number of amides is 1. The van der Waals surface area contributed by atoms with Gasteiger partial charge in [0.15, 0.2) is 0 Å². The highest BCUT2D eigenvalue weighted by atomic mass is 16.6. The minimum absolute atomic E-state index is 0.404. The number of rotatable bonds is 3. The first-order chi connectivity index (χ1) is 8.69. The average molecular weight is 266 g/mol. The topological polar surface area (TPSA) is 102 Å². The molecule has 0 fully saturated rings. The largest absolute Gasteiger partial charge is 0.480 e. The maximum absolute atomic E-state index is 11.6. The smallest absolute Gasteiger partial charge is 0.412 e. The molecule has 0 saturated heterocycles. The van der Waals surface area contributed by atoms with Crippen molar-refractivity contribution < 1.29 is 19.4 Å². The second-order valence-electron chi connectivity index (χ2n) is 5.07. The van der Waals surface area contributed by atoms with Gasteiger partial charge in [0.1, 0.15) is 11.6 Å². The Labute approximate surface area is 111 Å². The molecule has 1 atom stereocenters. The maximum atomic E-state index is 11.6. The van der Waals surface area contributed by atoms with Crippen molar-refractivity contribution >= 4 is 17.7 Å². The van der Waals surface area contributed by atoms with Crippen LogP contribution in [0.4, 0.5) is 10.5 Å². The van der Waals surface area contributed by atoms with Gasteiger partial charge in [-0.15, -0.1) is 0 Å². The van der Waals surface area contributed by atoms with E-state index in [0.717, 1.165) is 0 Å². The second kappa shape index (κ2) is 5.71. The van der Waals surface area contributed by atoms with Gasteiger partial charge in [-0.2, -0.15) is 0 Å². The van der Waals surface area contributed by atoms with E-state index in [1.54, 1.807) is 39.0 Å². The van der Waals surface area contributed by atoms with Crippen LogP contribution in [0.2, 0.25) is 0 Å².